The first-order valence-corrected chi connectivity index (χ1v) is 6.21. The molecule has 0 fully saturated rings. The molecule has 0 atom stereocenters. The highest BCUT2D eigenvalue weighted by Crippen LogP contribution is 2.23. The molecule has 0 spiro atoms. The second kappa shape index (κ2) is 4.31. The fraction of sp³-hybridized carbons (Fsp3) is 0. The SMILES string of the molecule is c1ccc(Oc2cnc3cc4cn[nH]c4cc3n2)cc1. The van der Waals surface area contributed by atoms with Crippen LogP contribution < -0.4 is 4.74 Å². The quantitative estimate of drug-likeness (QED) is 0.602. The van der Waals surface area contributed by atoms with Crippen LogP contribution in [0.4, 0.5) is 0 Å². The maximum absolute atomic E-state index is 5.68. The van der Waals surface area contributed by atoms with Crippen LogP contribution in [0.25, 0.3) is 21.9 Å². The van der Waals surface area contributed by atoms with E-state index in [4.69, 9.17) is 4.74 Å². The average Bonchev–Trinajstić information content (AvgIpc) is 2.93. The first-order valence-electron chi connectivity index (χ1n) is 6.21. The number of nitrogens with zero attached hydrogens (tertiary/aromatic N) is 3. The number of rotatable bonds is 2. The van der Waals surface area contributed by atoms with Gasteiger partial charge in [0.05, 0.1) is 28.9 Å². The molecule has 2 aromatic carbocycles. The number of nitrogens with one attached hydrogen (secondary N) is 1. The predicted octanol–water partition coefficient (Wildman–Crippen LogP) is 3.30. The van der Waals surface area contributed by atoms with E-state index in [9.17, 15) is 0 Å². The van der Waals surface area contributed by atoms with Crippen LogP contribution in [0, 0.1) is 0 Å². The molecule has 0 saturated heterocycles. The van der Waals surface area contributed by atoms with Gasteiger partial charge in [-0.25, -0.2) is 9.97 Å². The van der Waals surface area contributed by atoms with Crippen molar-refractivity contribution in [3.05, 3.63) is 54.9 Å². The fourth-order valence-electron chi connectivity index (χ4n) is 2.09. The summed E-state index contributed by atoms with van der Waals surface area (Å²) in [4.78, 5) is 8.85. The number of hydrogen-bond donors (Lipinski definition) is 1. The number of hydrogen-bond acceptors (Lipinski definition) is 4. The molecule has 0 amide bonds. The molecule has 0 radical (unpaired) electrons. The summed E-state index contributed by atoms with van der Waals surface area (Å²) in [6.07, 6.45) is 3.39. The largest absolute Gasteiger partial charge is 0.437 e. The average molecular weight is 262 g/mol. The maximum atomic E-state index is 5.68. The van der Waals surface area contributed by atoms with Crippen LogP contribution in [0.2, 0.25) is 0 Å². The standard InChI is InChI=1S/C15H10N4O/c1-2-4-11(5-3-1)20-15-9-16-13-6-10-8-17-19-12(10)7-14(13)18-15/h1-9H,(H,17,19). The molecule has 0 aliphatic rings. The third-order valence-corrected chi connectivity index (χ3v) is 3.05. The topological polar surface area (TPSA) is 63.7 Å². The van der Waals surface area contributed by atoms with E-state index in [0.29, 0.717) is 5.88 Å². The second-order valence-corrected chi connectivity index (χ2v) is 4.42. The van der Waals surface area contributed by atoms with E-state index in [-0.39, 0.29) is 0 Å². The van der Waals surface area contributed by atoms with Gasteiger partial charge in [-0.05, 0) is 24.3 Å². The van der Waals surface area contributed by atoms with E-state index < -0.39 is 0 Å². The highest BCUT2D eigenvalue weighted by Gasteiger charge is 2.05. The molecular weight excluding hydrogens is 252 g/mol. The van der Waals surface area contributed by atoms with Gasteiger partial charge in [-0.15, -0.1) is 0 Å². The lowest BCUT2D eigenvalue weighted by Gasteiger charge is -2.05. The van der Waals surface area contributed by atoms with Crippen molar-refractivity contribution in [3.8, 4) is 11.6 Å². The van der Waals surface area contributed by atoms with Crippen LogP contribution in [-0.2, 0) is 0 Å². The lowest BCUT2D eigenvalue weighted by Crippen LogP contribution is -1.90. The van der Waals surface area contributed by atoms with Gasteiger partial charge in [0.15, 0.2) is 0 Å². The molecule has 0 aliphatic carbocycles. The zero-order valence-electron chi connectivity index (χ0n) is 10.4. The van der Waals surface area contributed by atoms with Gasteiger partial charge in [0, 0.05) is 5.39 Å². The Morgan fingerprint density at radius 1 is 0.950 bits per heavy atom. The molecule has 0 bridgehead atoms. The van der Waals surface area contributed by atoms with Gasteiger partial charge in [-0.1, -0.05) is 18.2 Å². The summed E-state index contributed by atoms with van der Waals surface area (Å²) in [7, 11) is 0. The lowest BCUT2D eigenvalue weighted by atomic mass is 10.2. The summed E-state index contributed by atoms with van der Waals surface area (Å²) in [6, 6.07) is 13.4. The summed E-state index contributed by atoms with van der Waals surface area (Å²) in [6.45, 7) is 0. The molecule has 1 N–H and O–H groups in total. The van der Waals surface area contributed by atoms with Crippen molar-refractivity contribution >= 4 is 21.9 Å². The molecule has 0 saturated carbocycles. The molecule has 0 aliphatic heterocycles. The minimum Gasteiger partial charge on any atom is -0.437 e. The maximum Gasteiger partial charge on any atom is 0.238 e. The minimum atomic E-state index is 0.475. The smallest absolute Gasteiger partial charge is 0.238 e. The lowest BCUT2D eigenvalue weighted by molar-refractivity contribution is 0.463. The third kappa shape index (κ3) is 1.85. The van der Waals surface area contributed by atoms with Gasteiger partial charge in [-0.2, -0.15) is 5.10 Å². The summed E-state index contributed by atoms with van der Waals surface area (Å²) in [5.74, 6) is 1.21. The zero-order valence-corrected chi connectivity index (χ0v) is 10.4. The van der Waals surface area contributed by atoms with Crippen molar-refractivity contribution in [1.82, 2.24) is 20.2 Å². The zero-order chi connectivity index (χ0) is 13.4. The third-order valence-electron chi connectivity index (χ3n) is 3.05. The first kappa shape index (κ1) is 10.9. The monoisotopic (exact) mass is 262 g/mol. The normalized spacial score (nSPS) is 11.0. The Balaban J connectivity index is 1.79. The van der Waals surface area contributed by atoms with Gasteiger partial charge in [0.2, 0.25) is 5.88 Å². The van der Waals surface area contributed by atoms with E-state index in [1.165, 1.54) is 0 Å². The van der Waals surface area contributed by atoms with Crippen LogP contribution in [0.15, 0.2) is 54.9 Å². The van der Waals surface area contributed by atoms with Crippen molar-refractivity contribution in [2.24, 2.45) is 0 Å². The van der Waals surface area contributed by atoms with Gasteiger partial charge < -0.3 is 4.74 Å². The van der Waals surface area contributed by atoms with Crippen molar-refractivity contribution in [1.29, 1.82) is 0 Å². The molecular formula is C15H10N4O. The number of aromatic nitrogens is 4. The number of aromatic amines is 1. The summed E-state index contributed by atoms with van der Waals surface area (Å²) in [5.41, 5.74) is 2.53. The molecule has 5 heteroatoms. The van der Waals surface area contributed by atoms with E-state index in [1.807, 2.05) is 42.5 Å². The Morgan fingerprint density at radius 2 is 1.85 bits per heavy atom. The number of para-hydroxylation sites is 1. The molecule has 20 heavy (non-hydrogen) atoms. The van der Waals surface area contributed by atoms with E-state index >= 15 is 0 Å². The Kier molecular flexibility index (Phi) is 2.35. The molecule has 4 aromatic rings. The predicted molar refractivity (Wildman–Crippen MR) is 75.7 cm³/mol. The van der Waals surface area contributed by atoms with E-state index in [0.717, 1.165) is 27.7 Å². The number of ether oxygens (including phenoxy) is 1. The Morgan fingerprint density at radius 3 is 2.75 bits per heavy atom. The fourth-order valence-corrected chi connectivity index (χ4v) is 2.09. The van der Waals surface area contributed by atoms with E-state index in [1.54, 1.807) is 12.4 Å². The Bertz CT molecular complexity index is 886. The second-order valence-electron chi connectivity index (χ2n) is 4.42. The van der Waals surface area contributed by atoms with Gasteiger partial charge in [-0.3, -0.25) is 5.10 Å². The van der Waals surface area contributed by atoms with Crippen molar-refractivity contribution < 1.29 is 4.74 Å². The summed E-state index contributed by atoms with van der Waals surface area (Å²) >= 11 is 0. The molecule has 2 heterocycles. The van der Waals surface area contributed by atoms with Gasteiger partial charge >= 0.3 is 0 Å². The summed E-state index contributed by atoms with van der Waals surface area (Å²) in [5, 5.41) is 7.94. The van der Waals surface area contributed by atoms with Crippen LogP contribution >= 0.6 is 0 Å². The van der Waals surface area contributed by atoms with Crippen LogP contribution in [0.1, 0.15) is 0 Å². The van der Waals surface area contributed by atoms with Crippen molar-refractivity contribution in [2.75, 3.05) is 0 Å². The summed E-state index contributed by atoms with van der Waals surface area (Å²) < 4.78 is 5.68. The van der Waals surface area contributed by atoms with Crippen LogP contribution in [0.5, 0.6) is 11.6 Å². The number of H-pyrrole nitrogens is 1. The molecule has 4 rings (SSSR count). The highest BCUT2D eigenvalue weighted by molar-refractivity contribution is 5.92. The molecule has 0 unspecified atom stereocenters. The Hall–Kier alpha value is -2.95. The first-order chi connectivity index (χ1) is 9.88. The van der Waals surface area contributed by atoms with Crippen molar-refractivity contribution in [2.45, 2.75) is 0 Å². The number of benzene rings is 2. The molecule has 2 aromatic heterocycles. The van der Waals surface area contributed by atoms with Crippen LogP contribution in [0.3, 0.4) is 0 Å². The van der Waals surface area contributed by atoms with Gasteiger partial charge in [0.25, 0.3) is 0 Å². The van der Waals surface area contributed by atoms with Crippen LogP contribution in [-0.4, -0.2) is 20.2 Å². The number of fused-ring (bicyclic) bond motifs is 2. The highest BCUT2D eigenvalue weighted by atomic mass is 16.5. The van der Waals surface area contributed by atoms with E-state index in [2.05, 4.69) is 20.2 Å². The Labute approximate surface area is 114 Å². The van der Waals surface area contributed by atoms with Crippen molar-refractivity contribution in [3.63, 3.8) is 0 Å². The minimum absolute atomic E-state index is 0.475. The molecule has 96 valence electrons. The van der Waals surface area contributed by atoms with Gasteiger partial charge in [0.1, 0.15) is 5.75 Å². The molecule has 5 nitrogen and oxygen atoms in total.